The van der Waals surface area contributed by atoms with Gasteiger partial charge < -0.3 is 0 Å². The first kappa shape index (κ1) is 11.0. The van der Waals surface area contributed by atoms with Crippen molar-refractivity contribution in [3.63, 3.8) is 0 Å². The summed E-state index contributed by atoms with van der Waals surface area (Å²) in [5.74, 6) is 0. The van der Waals surface area contributed by atoms with Crippen molar-refractivity contribution in [1.29, 1.82) is 0 Å². The van der Waals surface area contributed by atoms with E-state index in [1.165, 1.54) is 0 Å². The monoisotopic (exact) mass is 664 g/mol. The minimum atomic E-state index is -1.20. The summed E-state index contributed by atoms with van der Waals surface area (Å²) in [7, 11) is 0. The molecule has 0 nitrogen and oxygen atoms in total. The summed E-state index contributed by atoms with van der Waals surface area (Å²) in [6, 6.07) is -32.6. The fourth-order valence-electron chi connectivity index (χ4n) is 5.81. The van der Waals surface area contributed by atoms with E-state index in [2.05, 4.69) is 0 Å². The predicted molar refractivity (Wildman–Crippen MR) is 216 cm³/mol. The van der Waals surface area contributed by atoms with Crippen LogP contribution in [0.5, 0.6) is 0 Å². The van der Waals surface area contributed by atoms with Gasteiger partial charge in [-0.3, -0.25) is 0 Å². The van der Waals surface area contributed by atoms with Crippen molar-refractivity contribution >= 4 is 53.9 Å². The van der Waals surface area contributed by atoms with Gasteiger partial charge in [-0.25, -0.2) is 0 Å². The molecule has 0 aliphatic rings. The lowest BCUT2D eigenvalue weighted by Crippen LogP contribution is -1.93. The summed E-state index contributed by atoms with van der Waals surface area (Å²) in [5, 5.41) is -7.73. The molecule has 0 N–H and O–H groups in total. The molecule has 0 heterocycles. The Morgan fingerprint density at radius 2 is 0.700 bits per heavy atom. The molecule has 0 aliphatic heterocycles. The molecule has 0 saturated heterocycles. The SMILES string of the molecule is [2H]c1c([2H])c(-c2c3c([2H])c([2H])c([2H])c([2H])c3c(-c3c([2H])c([2H])c([2H])c4c([2H])c([2H])c([2H])c([2H])c34)c3c([2H])c(-c4c([2H])c([2H])c5c([2H])c([2H])c([2H])c([2H])c5c4[2H])c([2H])c([2H])c23)c([2H])c([2H])c1-c1c([2H])c([2H])c([2H])c2c([2H])c([2H])c([2H])c([2H])c12. The second kappa shape index (κ2) is 11.6. The molecule has 0 unspecified atom stereocenters. The molecule has 0 aliphatic carbocycles. The third kappa shape index (κ3) is 4.61. The molecule has 232 valence electrons. The molecule has 0 fully saturated rings. The highest BCUT2D eigenvalue weighted by Gasteiger charge is 2.19. The Hall–Kier alpha value is -6.50. The summed E-state index contributed by atoms with van der Waals surface area (Å²) < 4.78 is 291. The Balaban J connectivity index is 1.55. The van der Waals surface area contributed by atoms with Gasteiger partial charge in [0.25, 0.3) is 0 Å². The van der Waals surface area contributed by atoms with Gasteiger partial charge in [-0.15, -0.1) is 0 Å². The topological polar surface area (TPSA) is 0 Å². The van der Waals surface area contributed by atoms with Crippen LogP contribution < -0.4 is 0 Å². The van der Waals surface area contributed by atoms with Crippen molar-refractivity contribution in [2.75, 3.05) is 0 Å². The van der Waals surface area contributed by atoms with Crippen molar-refractivity contribution in [1.82, 2.24) is 0 Å². The van der Waals surface area contributed by atoms with E-state index in [0.29, 0.717) is 0 Å². The number of hydrogen-bond acceptors (Lipinski definition) is 0. The highest BCUT2D eigenvalue weighted by atomic mass is 14.2. The van der Waals surface area contributed by atoms with Gasteiger partial charge in [-0.2, -0.15) is 0 Å². The van der Waals surface area contributed by atoms with Crippen LogP contribution in [0.1, 0.15) is 43.9 Å². The highest BCUT2D eigenvalue weighted by molar-refractivity contribution is 6.24. The van der Waals surface area contributed by atoms with Gasteiger partial charge in [0.1, 0.15) is 0 Å². The molecule has 0 saturated carbocycles. The molecule has 0 amide bonds. The van der Waals surface area contributed by atoms with Crippen LogP contribution in [-0.2, 0) is 0 Å². The van der Waals surface area contributed by atoms with Gasteiger partial charge in [-0.05, 0) is 110 Å². The lowest BCUT2D eigenvalue weighted by molar-refractivity contribution is 1.63. The molecule has 10 rings (SSSR count). The number of rotatable bonds is 4. The van der Waals surface area contributed by atoms with E-state index >= 15 is 0 Å². The second-order valence-electron chi connectivity index (χ2n) is 10.8. The zero-order chi connectivity index (χ0) is 60.9. The largest absolute Gasteiger partial charge is 0.0636 e. The van der Waals surface area contributed by atoms with E-state index < -0.39 is 292 Å². The molecule has 0 heteroatoms. The van der Waals surface area contributed by atoms with Gasteiger partial charge in [-0.1, -0.05) is 181 Å². The Bertz CT molecular complexity index is 4710. The summed E-state index contributed by atoms with van der Waals surface area (Å²) >= 11 is 0. The first-order valence-corrected chi connectivity index (χ1v) is 14.8. The molecule has 0 aromatic heterocycles. The zero-order valence-electron chi connectivity index (χ0n) is 57.0. The number of fused-ring (bicyclic) bond motifs is 5. The van der Waals surface area contributed by atoms with Gasteiger partial charge in [0.15, 0.2) is 0 Å². The van der Waals surface area contributed by atoms with Crippen LogP contribution in [0.2, 0.25) is 0 Å². The van der Waals surface area contributed by atoms with E-state index in [0.717, 1.165) is 0 Å². The molecule has 0 spiro atoms. The Morgan fingerprint density at radius 1 is 0.240 bits per heavy atom. The minimum Gasteiger partial charge on any atom is -0.0616 e. The fraction of sp³-hybridized carbons (Fsp3) is 0. The van der Waals surface area contributed by atoms with Crippen molar-refractivity contribution < 1.29 is 43.9 Å². The average Bonchev–Trinajstić information content (AvgIpc) is 1.36. The second-order valence-corrected chi connectivity index (χ2v) is 10.8. The zero-order valence-corrected chi connectivity index (χ0v) is 25.0. The minimum absolute atomic E-state index is 0.634. The molecular weight excluding hydrogens is 601 g/mol. The van der Waals surface area contributed by atoms with Crippen LogP contribution >= 0.6 is 0 Å². The van der Waals surface area contributed by atoms with Crippen molar-refractivity contribution in [2.45, 2.75) is 0 Å². The molecule has 0 atom stereocenters. The Morgan fingerprint density at radius 3 is 1.42 bits per heavy atom. The molecule has 50 heavy (non-hydrogen) atoms. The summed E-state index contributed by atoms with van der Waals surface area (Å²) in [4.78, 5) is 0. The lowest BCUT2D eigenvalue weighted by atomic mass is 9.83. The number of hydrogen-bond donors (Lipinski definition) is 0. The smallest absolute Gasteiger partial charge is 0.0616 e. The lowest BCUT2D eigenvalue weighted by Gasteiger charge is -2.20. The van der Waals surface area contributed by atoms with Gasteiger partial charge in [0.05, 0.1) is 43.9 Å². The first-order valence-electron chi connectivity index (χ1n) is 30.8. The molecule has 10 aromatic rings. The summed E-state index contributed by atoms with van der Waals surface area (Å²) in [6.45, 7) is 0. The van der Waals surface area contributed by atoms with Gasteiger partial charge >= 0.3 is 0 Å². The van der Waals surface area contributed by atoms with Crippen molar-refractivity contribution in [2.24, 2.45) is 0 Å². The van der Waals surface area contributed by atoms with E-state index in [-0.39, 0.29) is 0 Å². The van der Waals surface area contributed by atoms with Crippen LogP contribution in [0.3, 0.4) is 0 Å². The van der Waals surface area contributed by atoms with Crippen LogP contribution in [0, 0.1) is 0 Å². The van der Waals surface area contributed by atoms with Crippen LogP contribution in [-0.4, -0.2) is 0 Å². The standard InChI is InChI=1S/C50H32/c1-2-14-38-31-39(28-23-33(38)11-1)40-29-30-47-48(32-40)50(44-22-10-16-35-13-4-6-18-43(35)44)46-20-8-7-19-45(46)49(47)37-26-24-36(25-27-37)42-21-9-15-34-12-3-5-17-41(34)42/h1-32H/i1D,2D,3D,4D,5D,6D,7D,8D,9D,10D,11D,12D,13D,14D,15D,16D,17D,18D,19D,20D,21D,22D,23D,24D,25D,26D,27D,28D,29D,30D,31D,32D. The van der Waals surface area contributed by atoms with Crippen molar-refractivity contribution in [3.05, 3.63) is 193 Å². The third-order valence-electron chi connectivity index (χ3n) is 8.00. The quantitative estimate of drug-likeness (QED) is 0.164. The van der Waals surface area contributed by atoms with Crippen LogP contribution in [0.15, 0.2) is 193 Å². The molecular formula is C50H32. The number of benzene rings is 10. The van der Waals surface area contributed by atoms with Gasteiger partial charge in [0, 0.05) is 0 Å². The Kier molecular flexibility index (Phi) is 2.55. The maximum Gasteiger partial charge on any atom is 0.0636 e. The predicted octanol–water partition coefficient (Wildman–Crippen LogP) is 14.1. The van der Waals surface area contributed by atoms with E-state index in [9.17, 15) is 17.8 Å². The normalized spacial score (nSPS) is 20.6. The average molecular weight is 665 g/mol. The highest BCUT2D eigenvalue weighted by Crippen LogP contribution is 2.46. The van der Waals surface area contributed by atoms with E-state index in [1.807, 2.05) is 0 Å². The summed E-state index contributed by atoms with van der Waals surface area (Å²) in [6.07, 6.45) is 0. The third-order valence-corrected chi connectivity index (χ3v) is 8.00. The maximum absolute atomic E-state index is 10.2. The first-order chi connectivity index (χ1) is 38.1. The summed E-state index contributed by atoms with van der Waals surface area (Å²) in [5.41, 5.74) is -7.18. The maximum atomic E-state index is 10.2. The molecule has 10 aromatic carbocycles. The van der Waals surface area contributed by atoms with Crippen LogP contribution in [0.4, 0.5) is 0 Å². The Labute approximate surface area is 336 Å². The van der Waals surface area contributed by atoms with E-state index in [1.54, 1.807) is 0 Å². The van der Waals surface area contributed by atoms with Gasteiger partial charge in [0.2, 0.25) is 0 Å². The molecule has 0 bridgehead atoms. The fourth-order valence-corrected chi connectivity index (χ4v) is 5.81. The van der Waals surface area contributed by atoms with Crippen molar-refractivity contribution in [3.8, 4) is 44.5 Å². The van der Waals surface area contributed by atoms with E-state index in [4.69, 9.17) is 26.0 Å². The van der Waals surface area contributed by atoms with Crippen LogP contribution in [0.25, 0.3) is 98.4 Å². The molecule has 0 radical (unpaired) electrons.